The molecule has 1 aromatic carbocycles. The van der Waals surface area contributed by atoms with Gasteiger partial charge < -0.3 is 9.67 Å². The van der Waals surface area contributed by atoms with Crippen LogP contribution >= 0.6 is 0 Å². The monoisotopic (exact) mass is 339 g/mol. The first kappa shape index (κ1) is 17.8. The van der Waals surface area contributed by atoms with E-state index in [9.17, 15) is 22.8 Å². The molecule has 0 fully saturated rings. The summed E-state index contributed by atoms with van der Waals surface area (Å²) in [7, 11) is 0. The van der Waals surface area contributed by atoms with E-state index in [0.29, 0.717) is 6.54 Å². The van der Waals surface area contributed by atoms with Gasteiger partial charge in [0.15, 0.2) is 5.43 Å². The molecule has 128 valence electrons. The Balaban J connectivity index is 2.71. The minimum atomic E-state index is -4.50. The van der Waals surface area contributed by atoms with Crippen LogP contribution < -0.4 is 5.43 Å². The molecule has 0 amide bonds. The van der Waals surface area contributed by atoms with E-state index in [1.165, 1.54) is 6.20 Å². The quantitative estimate of drug-likeness (QED) is 0.840. The number of aliphatic carboxylic acids is 1. The first-order valence-electron chi connectivity index (χ1n) is 7.39. The molecular formula is C17H16F3NO3. The van der Waals surface area contributed by atoms with Crippen molar-refractivity contribution >= 4 is 22.9 Å². The minimum Gasteiger partial charge on any atom is -0.478 e. The lowest BCUT2D eigenvalue weighted by atomic mass is 10.1. The maximum absolute atomic E-state index is 12.9. The molecule has 7 heteroatoms. The van der Waals surface area contributed by atoms with Gasteiger partial charge in [-0.05, 0) is 30.7 Å². The van der Waals surface area contributed by atoms with Crippen molar-refractivity contribution in [3.05, 3.63) is 51.8 Å². The first-order valence-corrected chi connectivity index (χ1v) is 7.39. The van der Waals surface area contributed by atoms with Crippen LogP contribution in [0.2, 0.25) is 0 Å². The number of carbonyl (C=O) groups is 1. The van der Waals surface area contributed by atoms with E-state index >= 15 is 0 Å². The lowest BCUT2D eigenvalue weighted by Crippen LogP contribution is -2.14. The number of carboxylic acid groups (broad SMARTS) is 1. The summed E-state index contributed by atoms with van der Waals surface area (Å²) in [5.74, 6) is -1.21. The summed E-state index contributed by atoms with van der Waals surface area (Å²) < 4.78 is 40.3. The van der Waals surface area contributed by atoms with Crippen molar-refractivity contribution in [1.82, 2.24) is 4.57 Å². The van der Waals surface area contributed by atoms with Crippen molar-refractivity contribution < 1.29 is 23.1 Å². The summed E-state index contributed by atoms with van der Waals surface area (Å²) in [4.78, 5) is 23.0. The standard InChI is InChI=1S/C17H16F3NO3/c1-2-3-8-21-10-11(4-7-15(22)23)16(24)13-6-5-12(9-14(13)21)17(18,19)20/h4-7,9-10H,2-3,8H2,1H3,(H,22,23). The molecule has 1 N–H and O–H groups in total. The average Bonchev–Trinajstić information content (AvgIpc) is 2.51. The number of alkyl halides is 3. The SMILES string of the molecule is CCCCn1cc(C=CC(=O)O)c(=O)c2ccc(C(F)(F)F)cc21. The van der Waals surface area contributed by atoms with E-state index < -0.39 is 23.1 Å². The summed E-state index contributed by atoms with van der Waals surface area (Å²) >= 11 is 0. The molecular weight excluding hydrogens is 323 g/mol. The van der Waals surface area contributed by atoms with E-state index in [2.05, 4.69) is 0 Å². The van der Waals surface area contributed by atoms with Crippen LogP contribution in [0, 0.1) is 0 Å². The second kappa shape index (κ2) is 6.90. The lowest BCUT2D eigenvalue weighted by Gasteiger charge is -2.14. The van der Waals surface area contributed by atoms with E-state index in [1.807, 2.05) is 6.92 Å². The number of nitrogens with zero attached hydrogens (tertiary/aromatic N) is 1. The first-order chi connectivity index (χ1) is 11.2. The van der Waals surface area contributed by atoms with Gasteiger partial charge in [-0.1, -0.05) is 13.3 Å². The molecule has 0 aliphatic rings. The van der Waals surface area contributed by atoms with Crippen molar-refractivity contribution in [2.45, 2.75) is 32.5 Å². The van der Waals surface area contributed by atoms with Crippen molar-refractivity contribution in [3.8, 4) is 0 Å². The van der Waals surface area contributed by atoms with E-state index in [0.717, 1.165) is 43.2 Å². The highest BCUT2D eigenvalue weighted by Gasteiger charge is 2.30. The number of rotatable bonds is 5. The van der Waals surface area contributed by atoms with E-state index in [-0.39, 0.29) is 16.5 Å². The predicted octanol–water partition coefficient (Wildman–Crippen LogP) is 3.92. The number of unbranched alkanes of at least 4 members (excludes halogenated alkanes) is 1. The molecule has 0 atom stereocenters. The number of pyridine rings is 1. The molecule has 0 spiro atoms. The predicted molar refractivity (Wildman–Crippen MR) is 84.8 cm³/mol. The molecule has 0 radical (unpaired) electrons. The highest BCUT2D eigenvalue weighted by atomic mass is 19.4. The number of aromatic nitrogens is 1. The van der Waals surface area contributed by atoms with Crippen LogP contribution in [0.25, 0.3) is 17.0 Å². The van der Waals surface area contributed by atoms with Crippen LogP contribution in [0.3, 0.4) is 0 Å². The number of aryl methyl sites for hydroxylation is 1. The van der Waals surface area contributed by atoms with Gasteiger partial charge in [0.05, 0.1) is 11.1 Å². The molecule has 4 nitrogen and oxygen atoms in total. The van der Waals surface area contributed by atoms with Crippen LogP contribution in [-0.4, -0.2) is 15.6 Å². The van der Waals surface area contributed by atoms with Gasteiger partial charge in [0.1, 0.15) is 0 Å². The Kier molecular flexibility index (Phi) is 5.11. The van der Waals surface area contributed by atoms with Crippen LogP contribution in [0.5, 0.6) is 0 Å². The molecule has 1 aromatic heterocycles. The number of carboxylic acids is 1. The van der Waals surface area contributed by atoms with Crippen molar-refractivity contribution in [1.29, 1.82) is 0 Å². The highest BCUT2D eigenvalue weighted by Crippen LogP contribution is 2.31. The third-order valence-electron chi connectivity index (χ3n) is 3.59. The van der Waals surface area contributed by atoms with Gasteiger partial charge in [-0.25, -0.2) is 4.79 Å². The average molecular weight is 339 g/mol. The summed E-state index contributed by atoms with van der Waals surface area (Å²) in [5.41, 5.74) is -1.01. The summed E-state index contributed by atoms with van der Waals surface area (Å²) in [6.07, 6.45) is 0.436. The summed E-state index contributed by atoms with van der Waals surface area (Å²) in [6.45, 7) is 2.37. The number of hydrogen-bond donors (Lipinski definition) is 1. The second-order valence-corrected chi connectivity index (χ2v) is 5.36. The van der Waals surface area contributed by atoms with Gasteiger partial charge in [0.25, 0.3) is 0 Å². The Bertz CT molecular complexity index is 851. The zero-order valence-corrected chi connectivity index (χ0v) is 12.9. The smallest absolute Gasteiger partial charge is 0.416 e. The molecule has 2 aromatic rings. The zero-order chi connectivity index (χ0) is 17.9. The Morgan fingerprint density at radius 3 is 2.62 bits per heavy atom. The van der Waals surface area contributed by atoms with E-state index in [4.69, 9.17) is 5.11 Å². The number of hydrogen-bond acceptors (Lipinski definition) is 2. The third kappa shape index (κ3) is 3.84. The Morgan fingerprint density at radius 2 is 2.04 bits per heavy atom. The number of fused-ring (bicyclic) bond motifs is 1. The van der Waals surface area contributed by atoms with Gasteiger partial charge in [-0.2, -0.15) is 13.2 Å². The Morgan fingerprint density at radius 1 is 1.33 bits per heavy atom. The van der Waals surface area contributed by atoms with Gasteiger partial charge in [-0.3, -0.25) is 4.79 Å². The normalized spacial score (nSPS) is 12.2. The van der Waals surface area contributed by atoms with Gasteiger partial charge in [0, 0.05) is 29.8 Å². The zero-order valence-electron chi connectivity index (χ0n) is 12.9. The summed E-state index contributed by atoms with van der Waals surface area (Å²) in [6, 6.07) is 2.96. The van der Waals surface area contributed by atoms with Crippen LogP contribution in [0.4, 0.5) is 13.2 Å². The molecule has 0 saturated heterocycles. The topological polar surface area (TPSA) is 59.3 Å². The minimum absolute atomic E-state index is 0.126. The molecule has 0 bridgehead atoms. The van der Waals surface area contributed by atoms with E-state index in [1.54, 1.807) is 4.57 Å². The van der Waals surface area contributed by atoms with Gasteiger partial charge in [0.2, 0.25) is 0 Å². The molecule has 0 unspecified atom stereocenters. The fourth-order valence-corrected chi connectivity index (χ4v) is 2.38. The van der Waals surface area contributed by atoms with Gasteiger partial charge >= 0.3 is 12.1 Å². The molecule has 2 rings (SSSR count). The van der Waals surface area contributed by atoms with Gasteiger partial charge in [-0.15, -0.1) is 0 Å². The molecule has 0 saturated carbocycles. The van der Waals surface area contributed by atoms with Crippen molar-refractivity contribution in [2.24, 2.45) is 0 Å². The van der Waals surface area contributed by atoms with Crippen LogP contribution in [0.1, 0.15) is 30.9 Å². The number of halogens is 3. The molecule has 0 aliphatic heterocycles. The fourth-order valence-electron chi connectivity index (χ4n) is 2.38. The van der Waals surface area contributed by atoms with Crippen LogP contribution in [0.15, 0.2) is 35.3 Å². The van der Waals surface area contributed by atoms with Crippen molar-refractivity contribution in [3.63, 3.8) is 0 Å². The third-order valence-corrected chi connectivity index (χ3v) is 3.59. The molecule has 0 aliphatic carbocycles. The fraction of sp³-hybridized carbons (Fsp3) is 0.294. The highest BCUT2D eigenvalue weighted by molar-refractivity contribution is 5.87. The van der Waals surface area contributed by atoms with Crippen LogP contribution in [-0.2, 0) is 17.5 Å². The summed E-state index contributed by atoms with van der Waals surface area (Å²) in [5, 5.41) is 8.83. The maximum Gasteiger partial charge on any atom is 0.416 e. The Hall–Kier alpha value is -2.57. The maximum atomic E-state index is 12.9. The number of benzene rings is 1. The largest absolute Gasteiger partial charge is 0.478 e. The Labute approximate surface area is 135 Å². The lowest BCUT2D eigenvalue weighted by molar-refractivity contribution is -0.137. The molecule has 24 heavy (non-hydrogen) atoms. The van der Waals surface area contributed by atoms with Crippen molar-refractivity contribution in [2.75, 3.05) is 0 Å². The molecule has 1 heterocycles. The second-order valence-electron chi connectivity index (χ2n) is 5.36.